The smallest absolute Gasteiger partial charge is 0.0541 e. The summed E-state index contributed by atoms with van der Waals surface area (Å²) in [5.41, 5.74) is 8.45. The fourth-order valence-electron chi connectivity index (χ4n) is 5.39. The molecule has 0 aliphatic rings. The van der Waals surface area contributed by atoms with Crippen molar-refractivity contribution in [3.05, 3.63) is 138 Å². The average molecular weight is 524 g/mol. The van der Waals surface area contributed by atoms with Gasteiger partial charge in [0.05, 0.1) is 11.0 Å². The van der Waals surface area contributed by atoms with Crippen LogP contribution in [0, 0.1) is 0 Å². The molecular formula is C34H22BrN. The van der Waals surface area contributed by atoms with Crippen LogP contribution in [0.4, 0.5) is 0 Å². The number of rotatable bonds is 3. The topological polar surface area (TPSA) is 4.93 Å². The molecule has 0 unspecified atom stereocenters. The van der Waals surface area contributed by atoms with Gasteiger partial charge in [-0.25, -0.2) is 0 Å². The van der Waals surface area contributed by atoms with E-state index in [1.807, 2.05) is 0 Å². The van der Waals surface area contributed by atoms with E-state index in [-0.39, 0.29) is 0 Å². The minimum absolute atomic E-state index is 1.09. The Bertz CT molecular complexity index is 1890. The van der Waals surface area contributed by atoms with Crippen LogP contribution in [0.1, 0.15) is 0 Å². The highest BCUT2D eigenvalue weighted by Gasteiger charge is 2.15. The minimum atomic E-state index is 1.09. The molecule has 0 bridgehead atoms. The van der Waals surface area contributed by atoms with Crippen molar-refractivity contribution in [2.45, 2.75) is 0 Å². The van der Waals surface area contributed by atoms with Crippen molar-refractivity contribution < 1.29 is 0 Å². The molecule has 1 heterocycles. The van der Waals surface area contributed by atoms with Crippen LogP contribution in [0.3, 0.4) is 0 Å². The Morgan fingerprint density at radius 1 is 0.444 bits per heavy atom. The molecule has 0 radical (unpaired) electrons. The summed E-state index contributed by atoms with van der Waals surface area (Å²) >= 11 is 3.68. The first-order chi connectivity index (χ1) is 17.8. The van der Waals surface area contributed by atoms with Gasteiger partial charge in [-0.2, -0.15) is 0 Å². The van der Waals surface area contributed by atoms with Crippen molar-refractivity contribution >= 4 is 48.5 Å². The number of hydrogen-bond donors (Lipinski definition) is 0. The van der Waals surface area contributed by atoms with Gasteiger partial charge in [0.15, 0.2) is 0 Å². The Morgan fingerprint density at radius 2 is 1.14 bits per heavy atom. The monoisotopic (exact) mass is 523 g/mol. The standard InChI is InChI=1S/C34H22BrN/c35-27-17-18-34-32(22-27)31-14-6-7-16-33(31)36(34)28-20-25(23-9-2-1-3-10-23)19-26(21-28)30-15-8-12-24-11-4-5-13-29(24)30/h1-22H. The predicted molar refractivity (Wildman–Crippen MR) is 157 cm³/mol. The van der Waals surface area contributed by atoms with Crippen molar-refractivity contribution in [3.8, 4) is 27.9 Å². The molecule has 1 aromatic heterocycles. The Kier molecular flexibility index (Phi) is 5.00. The Labute approximate surface area is 218 Å². The second-order valence-corrected chi connectivity index (χ2v) is 10.1. The van der Waals surface area contributed by atoms with Crippen molar-refractivity contribution in [1.29, 1.82) is 0 Å². The summed E-state index contributed by atoms with van der Waals surface area (Å²) in [6.45, 7) is 0. The van der Waals surface area contributed by atoms with Gasteiger partial charge in [0, 0.05) is 20.9 Å². The van der Waals surface area contributed by atoms with Crippen LogP contribution in [0.5, 0.6) is 0 Å². The van der Waals surface area contributed by atoms with E-state index in [1.165, 1.54) is 54.8 Å². The Morgan fingerprint density at radius 3 is 2.03 bits per heavy atom. The summed E-state index contributed by atoms with van der Waals surface area (Å²) in [7, 11) is 0. The van der Waals surface area contributed by atoms with Crippen LogP contribution in [-0.2, 0) is 0 Å². The molecule has 1 nitrogen and oxygen atoms in total. The molecule has 7 rings (SSSR count). The molecule has 0 N–H and O–H groups in total. The van der Waals surface area contributed by atoms with Gasteiger partial charge in [-0.1, -0.05) is 107 Å². The molecule has 170 valence electrons. The van der Waals surface area contributed by atoms with Gasteiger partial charge >= 0.3 is 0 Å². The molecule has 6 aromatic carbocycles. The largest absolute Gasteiger partial charge is 0.309 e. The molecule has 0 aliphatic carbocycles. The van der Waals surface area contributed by atoms with Gasteiger partial charge in [-0.05, 0) is 75.5 Å². The number of hydrogen-bond acceptors (Lipinski definition) is 0. The first kappa shape index (κ1) is 21.2. The third-order valence-electron chi connectivity index (χ3n) is 7.02. The van der Waals surface area contributed by atoms with Crippen molar-refractivity contribution in [3.63, 3.8) is 0 Å². The van der Waals surface area contributed by atoms with E-state index in [4.69, 9.17) is 0 Å². The maximum Gasteiger partial charge on any atom is 0.0541 e. The van der Waals surface area contributed by atoms with Crippen molar-refractivity contribution in [1.82, 2.24) is 4.57 Å². The van der Waals surface area contributed by atoms with Gasteiger partial charge < -0.3 is 4.57 Å². The van der Waals surface area contributed by atoms with Gasteiger partial charge in [-0.3, -0.25) is 0 Å². The number of fused-ring (bicyclic) bond motifs is 4. The second-order valence-electron chi connectivity index (χ2n) is 9.18. The zero-order valence-electron chi connectivity index (χ0n) is 19.5. The van der Waals surface area contributed by atoms with E-state index in [1.54, 1.807) is 0 Å². The lowest BCUT2D eigenvalue weighted by Crippen LogP contribution is -1.96. The zero-order chi connectivity index (χ0) is 24.1. The number of halogens is 1. The summed E-state index contributed by atoms with van der Waals surface area (Å²) < 4.78 is 3.49. The SMILES string of the molecule is Brc1ccc2c(c1)c1ccccc1n2-c1cc(-c2ccccc2)cc(-c2cccc3ccccc23)c1. The quantitative estimate of drug-likeness (QED) is 0.217. The molecule has 0 spiro atoms. The molecule has 0 fully saturated rings. The van der Waals surface area contributed by atoms with E-state index >= 15 is 0 Å². The van der Waals surface area contributed by atoms with Crippen molar-refractivity contribution in [2.24, 2.45) is 0 Å². The van der Waals surface area contributed by atoms with E-state index in [2.05, 4.69) is 154 Å². The molecule has 2 heteroatoms. The normalized spacial score (nSPS) is 11.5. The van der Waals surface area contributed by atoms with Crippen LogP contribution < -0.4 is 0 Å². The van der Waals surface area contributed by atoms with Gasteiger partial charge in [0.25, 0.3) is 0 Å². The van der Waals surface area contributed by atoms with Crippen LogP contribution >= 0.6 is 15.9 Å². The van der Waals surface area contributed by atoms with E-state index < -0.39 is 0 Å². The third kappa shape index (κ3) is 3.45. The van der Waals surface area contributed by atoms with Crippen LogP contribution in [0.25, 0.3) is 60.5 Å². The fraction of sp³-hybridized carbons (Fsp3) is 0. The lowest BCUT2D eigenvalue weighted by atomic mass is 9.94. The highest BCUT2D eigenvalue weighted by Crippen LogP contribution is 2.38. The summed E-state index contributed by atoms with van der Waals surface area (Å²) in [6.07, 6.45) is 0. The second kappa shape index (κ2) is 8.51. The first-order valence-corrected chi connectivity index (χ1v) is 12.9. The summed E-state index contributed by atoms with van der Waals surface area (Å²) in [5.74, 6) is 0. The molecule has 0 atom stereocenters. The molecule has 36 heavy (non-hydrogen) atoms. The average Bonchev–Trinajstić information content (AvgIpc) is 3.26. The predicted octanol–water partition coefficient (Wildman–Crippen LogP) is 10.0. The summed E-state index contributed by atoms with van der Waals surface area (Å²) in [4.78, 5) is 0. The minimum Gasteiger partial charge on any atom is -0.309 e. The highest BCUT2D eigenvalue weighted by molar-refractivity contribution is 9.10. The lowest BCUT2D eigenvalue weighted by molar-refractivity contribution is 1.18. The number of aromatic nitrogens is 1. The maximum atomic E-state index is 3.68. The summed E-state index contributed by atoms with van der Waals surface area (Å²) in [5, 5.41) is 5.02. The highest BCUT2D eigenvalue weighted by atomic mass is 79.9. The van der Waals surface area contributed by atoms with Crippen molar-refractivity contribution in [2.75, 3.05) is 0 Å². The Hall–Kier alpha value is -4.14. The molecular weight excluding hydrogens is 502 g/mol. The Balaban J connectivity index is 1.58. The maximum absolute atomic E-state index is 3.68. The van der Waals surface area contributed by atoms with Crippen LogP contribution in [-0.4, -0.2) is 4.57 Å². The van der Waals surface area contributed by atoms with Gasteiger partial charge in [0.1, 0.15) is 0 Å². The van der Waals surface area contributed by atoms with E-state index in [0.29, 0.717) is 0 Å². The van der Waals surface area contributed by atoms with E-state index in [9.17, 15) is 0 Å². The number of nitrogens with zero attached hydrogens (tertiary/aromatic N) is 1. The first-order valence-electron chi connectivity index (χ1n) is 12.1. The fourth-order valence-corrected chi connectivity index (χ4v) is 5.75. The summed E-state index contributed by atoms with van der Waals surface area (Å²) in [6, 6.07) is 48.1. The molecule has 0 aliphatic heterocycles. The third-order valence-corrected chi connectivity index (χ3v) is 7.51. The number of benzene rings is 6. The van der Waals surface area contributed by atoms with Crippen LogP contribution in [0.15, 0.2) is 138 Å². The molecule has 7 aromatic rings. The number of para-hydroxylation sites is 1. The zero-order valence-corrected chi connectivity index (χ0v) is 21.1. The van der Waals surface area contributed by atoms with Gasteiger partial charge in [0.2, 0.25) is 0 Å². The molecule has 0 saturated carbocycles. The van der Waals surface area contributed by atoms with E-state index in [0.717, 1.165) is 10.2 Å². The van der Waals surface area contributed by atoms with Crippen LogP contribution in [0.2, 0.25) is 0 Å². The molecule has 0 saturated heterocycles. The lowest BCUT2D eigenvalue weighted by Gasteiger charge is -2.15. The molecule has 0 amide bonds. The van der Waals surface area contributed by atoms with Gasteiger partial charge in [-0.15, -0.1) is 0 Å².